The van der Waals surface area contributed by atoms with Crippen LogP contribution in [0.4, 0.5) is 0 Å². The second-order valence-corrected chi connectivity index (χ2v) is 6.02. The van der Waals surface area contributed by atoms with Gasteiger partial charge in [0.1, 0.15) is 5.78 Å². The second kappa shape index (κ2) is 2.41. The highest BCUT2D eigenvalue weighted by Gasteiger charge is 2.58. The predicted octanol–water partition coefficient (Wildman–Crippen LogP) is 1.91. The third-order valence-corrected chi connectivity index (χ3v) is 4.78. The zero-order valence-corrected chi connectivity index (χ0v) is 8.75. The van der Waals surface area contributed by atoms with Gasteiger partial charge in [-0.1, -0.05) is 0 Å². The molecule has 4 aliphatic carbocycles. The lowest BCUT2D eigenvalue weighted by atomic mass is 9.47. The summed E-state index contributed by atoms with van der Waals surface area (Å²) in [5.41, 5.74) is -0.603. The number of hydrogen-bond acceptors (Lipinski definition) is 2. The Kier molecular flexibility index (Phi) is 1.53. The van der Waals surface area contributed by atoms with Crippen molar-refractivity contribution in [3.8, 4) is 0 Å². The molecule has 4 fully saturated rings. The van der Waals surface area contributed by atoms with Crippen LogP contribution in [0.15, 0.2) is 0 Å². The number of carbonyl (C=O) groups excluding carboxylic acids is 1. The van der Waals surface area contributed by atoms with Gasteiger partial charge >= 0.3 is 0 Å². The van der Waals surface area contributed by atoms with Crippen LogP contribution in [0.2, 0.25) is 0 Å². The van der Waals surface area contributed by atoms with Gasteiger partial charge in [-0.25, -0.2) is 0 Å². The van der Waals surface area contributed by atoms with Crippen LogP contribution in [0.3, 0.4) is 0 Å². The molecule has 2 heteroatoms. The molecule has 0 saturated heterocycles. The SMILES string of the molecule is CC(=O)C12C[C@@H]3C[C@H](CC(O)(C3)C1)C2. The topological polar surface area (TPSA) is 37.3 Å². The van der Waals surface area contributed by atoms with E-state index in [1.165, 1.54) is 6.42 Å². The van der Waals surface area contributed by atoms with Gasteiger partial charge in [0.05, 0.1) is 5.60 Å². The minimum atomic E-state index is -0.476. The molecule has 0 aromatic heterocycles. The number of rotatable bonds is 1. The maximum absolute atomic E-state index is 11.7. The van der Waals surface area contributed by atoms with Gasteiger partial charge in [-0.2, -0.15) is 0 Å². The Labute approximate surface area is 84.7 Å². The fourth-order valence-electron chi connectivity index (χ4n) is 4.63. The summed E-state index contributed by atoms with van der Waals surface area (Å²) >= 11 is 0. The Balaban J connectivity index is 2.00. The first kappa shape index (κ1) is 8.90. The largest absolute Gasteiger partial charge is 0.390 e. The molecule has 14 heavy (non-hydrogen) atoms. The molecule has 78 valence electrons. The van der Waals surface area contributed by atoms with Crippen molar-refractivity contribution in [2.24, 2.45) is 17.3 Å². The van der Waals surface area contributed by atoms with Crippen molar-refractivity contribution in [1.82, 2.24) is 0 Å². The van der Waals surface area contributed by atoms with E-state index >= 15 is 0 Å². The van der Waals surface area contributed by atoms with Crippen molar-refractivity contribution >= 4 is 5.78 Å². The zero-order chi connectivity index (χ0) is 9.97. The molecule has 2 atom stereocenters. The lowest BCUT2D eigenvalue weighted by Gasteiger charge is -2.59. The van der Waals surface area contributed by atoms with Crippen LogP contribution in [0.25, 0.3) is 0 Å². The molecule has 4 aliphatic rings. The van der Waals surface area contributed by atoms with Gasteiger partial charge in [0.2, 0.25) is 0 Å². The van der Waals surface area contributed by atoms with Crippen molar-refractivity contribution in [1.29, 1.82) is 0 Å². The molecule has 4 bridgehead atoms. The Morgan fingerprint density at radius 2 is 1.79 bits per heavy atom. The van der Waals surface area contributed by atoms with Gasteiger partial charge in [-0.05, 0) is 57.3 Å². The summed E-state index contributed by atoms with van der Waals surface area (Å²) in [6, 6.07) is 0. The van der Waals surface area contributed by atoms with E-state index in [9.17, 15) is 9.90 Å². The number of Topliss-reactive ketones (excluding diaryl/α,β-unsaturated/α-hetero) is 1. The van der Waals surface area contributed by atoms with Gasteiger partial charge in [-0.3, -0.25) is 4.79 Å². The molecular weight excluding hydrogens is 176 g/mol. The van der Waals surface area contributed by atoms with E-state index in [0.29, 0.717) is 17.6 Å². The lowest BCUT2D eigenvalue weighted by Crippen LogP contribution is -2.57. The Morgan fingerprint density at radius 3 is 2.21 bits per heavy atom. The highest BCUT2D eigenvalue weighted by molar-refractivity contribution is 5.83. The first-order valence-corrected chi connectivity index (χ1v) is 5.75. The van der Waals surface area contributed by atoms with Gasteiger partial charge in [-0.15, -0.1) is 0 Å². The monoisotopic (exact) mass is 194 g/mol. The Hall–Kier alpha value is -0.370. The van der Waals surface area contributed by atoms with E-state index in [0.717, 1.165) is 32.1 Å². The quantitative estimate of drug-likeness (QED) is 0.692. The van der Waals surface area contributed by atoms with E-state index in [1.807, 2.05) is 0 Å². The van der Waals surface area contributed by atoms with E-state index in [4.69, 9.17) is 0 Å². The van der Waals surface area contributed by atoms with Crippen LogP contribution in [-0.2, 0) is 4.79 Å². The summed E-state index contributed by atoms with van der Waals surface area (Å²) in [4.78, 5) is 11.7. The minimum absolute atomic E-state index is 0.126. The molecule has 4 rings (SSSR count). The summed E-state index contributed by atoms with van der Waals surface area (Å²) in [6.45, 7) is 1.72. The van der Waals surface area contributed by atoms with E-state index in [1.54, 1.807) is 6.92 Å². The highest BCUT2D eigenvalue weighted by Crippen LogP contribution is 2.61. The van der Waals surface area contributed by atoms with Crippen molar-refractivity contribution in [3.05, 3.63) is 0 Å². The number of carbonyl (C=O) groups is 1. The average Bonchev–Trinajstić information content (AvgIpc) is 1.98. The van der Waals surface area contributed by atoms with Crippen LogP contribution >= 0.6 is 0 Å². The maximum atomic E-state index is 11.7. The van der Waals surface area contributed by atoms with E-state index in [-0.39, 0.29) is 5.41 Å². The average molecular weight is 194 g/mol. The van der Waals surface area contributed by atoms with Crippen molar-refractivity contribution < 1.29 is 9.90 Å². The number of hydrogen-bond donors (Lipinski definition) is 1. The fraction of sp³-hybridized carbons (Fsp3) is 0.917. The smallest absolute Gasteiger partial charge is 0.136 e. The second-order valence-electron chi connectivity index (χ2n) is 6.02. The summed E-state index contributed by atoms with van der Waals surface area (Å²) in [7, 11) is 0. The molecule has 4 saturated carbocycles. The van der Waals surface area contributed by atoms with Crippen LogP contribution in [0.1, 0.15) is 45.4 Å². The van der Waals surface area contributed by atoms with Crippen LogP contribution < -0.4 is 0 Å². The molecule has 0 heterocycles. The number of ketones is 1. The molecule has 0 spiro atoms. The predicted molar refractivity (Wildman–Crippen MR) is 52.7 cm³/mol. The van der Waals surface area contributed by atoms with Crippen molar-refractivity contribution in [3.63, 3.8) is 0 Å². The normalized spacial score (nSPS) is 55.0. The van der Waals surface area contributed by atoms with E-state index in [2.05, 4.69) is 0 Å². The molecular formula is C12H18O2. The van der Waals surface area contributed by atoms with Gasteiger partial charge < -0.3 is 5.11 Å². The summed E-state index contributed by atoms with van der Waals surface area (Å²) in [5.74, 6) is 1.58. The third-order valence-electron chi connectivity index (χ3n) is 4.78. The van der Waals surface area contributed by atoms with Crippen LogP contribution in [0.5, 0.6) is 0 Å². The molecule has 2 nitrogen and oxygen atoms in total. The number of aliphatic hydroxyl groups is 1. The molecule has 1 N–H and O–H groups in total. The van der Waals surface area contributed by atoms with Crippen molar-refractivity contribution in [2.75, 3.05) is 0 Å². The van der Waals surface area contributed by atoms with Crippen LogP contribution in [-0.4, -0.2) is 16.5 Å². The van der Waals surface area contributed by atoms with Gasteiger partial charge in [0, 0.05) is 5.41 Å². The van der Waals surface area contributed by atoms with Crippen LogP contribution in [0, 0.1) is 17.3 Å². The summed E-state index contributed by atoms with van der Waals surface area (Å²) in [5, 5.41) is 10.4. The van der Waals surface area contributed by atoms with Gasteiger partial charge in [0.15, 0.2) is 0 Å². The molecule has 0 amide bonds. The molecule has 0 aliphatic heterocycles. The minimum Gasteiger partial charge on any atom is -0.390 e. The standard InChI is InChI=1S/C12H18O2/c1-8(13)11-3-9-2-10(4-11)6-12(14,5-9)7-11/h9-10,14H,2-7H2,1H3/t9-,10-,11?,12?/m0/s1. The summed E-state index contributed by atoms with van der Waals surface area (Å²) < 4.78 is 0. The maximum Gasteiger partial charge on any atom is 0.136 e. The zero-order valence-electron chi connectivity index (χ0n) is 8.75. The summed E-state index contributed by atoms with van der Waals surface area (Å²) in [6.07, 6.45) is 6.04. The molecule has 0 radical (unpaired) electrons. The molecule has 0 aromatic rings. The Morgan fingerprint density at radius 1 is 1.21 bits per heavy atom. The first-order chi connectivity index (χ1) is 6.51. The van der Waals surface area contributed by atoms with Crippen molar-refractivity contribution in [2.45, 2.75) is 51.0 Å². The van der Waals surface area contributed by atoms with Gasteiger partial charge in [0.25, 0.3) is 0 Å². The Bertz CT molecular complexity index is 281. The fourth-order valence-corrected chi connectivity index (χ4v) is 4.63. The molecule has 0 aromatic carbocycles. The van der Waals surface area contributed by atoms with E-state index < -0.39 is 5.60 Å². The third kappa shape index (κ3) is 1.04. The lowest BCUT2D eigenvalue weighted by molar-refractivity contribution is -0.175. The molecule has 0 unspecified atom stereocenters. The first-order valence-electron chi connectivity index (χ1n) is 5.75. The highest BCUT2D eigenvalue weighted by atomic mass is 16.3.